The Morgan fingerprint density at radius 1 is 1.07 bits per heavy atom. The van der Waals surface area contributed by atoms with Gasteiger partial charge >= 0.3 is 0 Å². The summed E-state index contributed by atoms with van der Waals surface area (Å²) in [4.78, 5) is 12.6. The van der Waals surface area contributed by atoms with Crippen LogP contribution in [0.5, 0.6) is 5.75 Å². The highest BCUT2D eigenvalue weighted by atomic mass is 32.1. The highest BCUT2D eigenvalue weighted by Crippen LogP contribution is 2.45. The highest BCUT2D eigenvalue weighted by molar-refractivity contribution is 7.10. The Bertz CT molecular complexity index is 1620. The molecule has 0 aliphatic carbocycles. The maximum Gasteiger partial charge on any atom is 0.194 e. The molecule has 2 aromatic heterocycles. The second-order valence-corrected chi connectivity index (χ2v) is 10.7. The molecular formula is C29H24F4N4O2S. The fourth-order valence-corrected chi connectivity index (χ4v) is 6.01. The van der Waals surface area contributed by atoms with E-state index in [1.807, 2.05) is 46.9 Å². The maximum absolute atomic E-state index is 14.4. The number of fused-ring (bicyclic) bond motifs is 1. The number of hydrogen-bond donors (Lipinski definition) is 0. The molecule has 4 aromatic rings. The predicted octanol–water partition coefficient (Wildman–Crippen LogP) is 7.11. The zero-order valence-corrected chi connectivity index (χ0v) is 22.4. The summed E-state index contributed by atoms with van der Waals surface area (Å²) in [7, 11) is 1.60. The molecule has 0 amide bonds. The third-order valence-electron chi connectivity index (χ3n) is 7.04. The van der Waals surface area contributed by atoms with E-state index in [1.54, 1.807) is 19.5 Å². The van der Waals surface area contributed by atoms with Crippen LogP contribution >= 0.6 is 11.3 Å². The number of nitrogens with zero attached hydrogens (tertiary/aromatic N) is 4. The first-order valence-corrected chi connectivity index (χ1v) is 13.4. The summed E-state index contributed by atoms with van der Waals surface area (Å²) < 4.78 is 64.0. The Morgan fingerprint density at radius 3 is 2.55 bits per heavy atom. The summed E-state index contributed by atoms with van der Waals surface area (Å²) in [5.74, 6) is -3.00. The third-order valence-corrected chi connectivity index (χ3v) is 7.97. The van der Waals surface area contributed by atoms with E-state index >= 15 is 0 Å². The molecule has 0 bridgehead atoms. The number of methoxy groups -OCH3 is 1. The normalized spacial score (nSPS) is 19.8. The molecule has 1 fully saturated rings. The molecule has 1 unspecified atom stereocenters. The first-order chi connectivity index (χ1) is 19.3. The zero-order chi connectivity index (χ0) is 28.0. The van der Waals surface area contributed by atoms with Crippen LogP contribution in [-0.2, 0) is 4.84 Å². The summed E-state index contributed by atoms with van der Waals surface area (Å²) in [5, 5.41) is 3.97. The van der Waals surface area contributed by atoms with Gasteiger partial charge in [0.25, 0.3) is 0 Å². The lowest BCUT2D eigenvalue weighted by molar-refractivity contribution is -0.0212. The van der Waals surface area contributed by atoms with E-state index in [1.165, 1.54) is 6.07 Å². The average molecular weight is 569 g/mol. The first-order valence-electron chi connectivity index (χ1n) is 12.6. The summed E-state index contributed by atoms with van der Waals surface area (Å²) in [6, 6.07) is 9.81. The number of halogens is 4. The number of hydrogen-bond acceptors (Lipinski definition) is 6. The number of oxime groups is 1. The Balaban J connectivity index is 1.40. The monoisotopic (exact) mass is 568 g/mol. The van der Waals surface area contributed by atoms with Crippen molar-refractivity contribution in [2.75, 3.05) is 13.7 Å². The molecule has 1 saturated heterocycles. The SMILES string of the molecule is COc1cc(/C=C2\CCCN3C2=NOC(c2ccc(F)s2)[C@@H]3c2cc(F)c(F)c(F)c2)ccc1-n1cnc(C)c1. The Morgan fingerprint density at radius 2 is 1.88 bits per heavy atom. The summed E-state index contributed by atoms with van der Waals surface area (Å²) in [6.45, 7) is 2.42. The fraction of sp³-hybridized carbons (Fsp3) is 0.241. The van der Waals surface area contributed by atoms with E-state index in [-0.39, 0.29) is 5.56 Å². The van der Waals surface area contributed by atoms with Gasteiger partial charge in [0, 0.05) is 12.7 Å². The molecule has 2 aromatic carbocycles. The predicted molar refractivity (Wildman–Crippen MR) is 143 cm³/mol. The minimum Gasteiger partial charge on any atom is -0.495 e. The van der Waals surface area contributed by atoms with Crippen LogP contribution < -0.4 is 4.74 Å². The maximum atomic E-state index is 14.4. The van der Waals surface area contributed by atoms with Crippen LogP contribution in [0.15, 0.2) is 65.7 Å². The van der Waals surface area contributed by atoms with E-state index in [4.69, 9.17) is 9.57 Å². The lowest BCUT2D eigenvalue weighted by Crippen LogP contribution is -2.45. The van der Waals surface area contributed by atoms with E-state index in [2.05, 4.69) is 10.1 Å². The van der Waals surface area contributed by atoms with Gasteiger partial charge in [0.15, 0.2) is 34.5 Å². The lowest BCUT2D eigenvalue weighted by Gasteiger charge is -2.43. The van der Waals surface area contributed by atoms with E-state index < -0.39 is 34.7 Å². The van der Waals surface area contributed by atoms with Crippen LogP contribution in [0.3, 0.4) is 0 Å². The second kappa shape index (κ2) is 10.5. The molecule has 0 radical (unpaired) electrons. The van der Waals surface area contributed by atoms with Crippen molar-refractivity contribution < 1.29 is 27.1 Å². The van der Waals surface area contributed by atoms with Crippen LogP contribution in [-0.4, -0.2) is 33.9 Å². The van der Waals surface area contributed by atoms with Gasteiger partial charge in [-0.15, -0.1) is 11.3 Å². The smallest absolute Gasteiger partial charge is 0.194 e. The van der Waals surface area contributed by atoms with Crippen molar-refractivity contribution >= 4 is 23.2 Å². The van der Waals surface area contributed by atoms with Gasteiger partial charge in [-0.2, -0.15) is 4.39 Å². The number of amidine groups is 1. The highest BCUT2D eigenvalue weighted by Gasteiger charge is 2.41. The van der Waals surface area contributed by atoms with Crippen molar-refractivity contribution in [2.45, 2.75) is 31.9 Å². The van der Waals surface area contributed by atoms with Gasteiger partial charge < -0.3 is 19.0 Å². The number of rotatable bonds is 5. The summed E-state index contributed by atoms with van der Waals surface area (Å²) in [6.07, 6.45) is 6.15. The number of aryl methyl sites for hydroxylation is 1. The third kappa shape index (κ3) is 4.74. The molecule has 6 rings (SSSR count). The largest absolute Gasteiger partial charge is 0.495 e. The van der Waals surface area contributed by atoms with Gasteiger partial charge in [0.1, 0.15) is 11.8 Å². The van der Waals surface area contributed by atoms with Crippen LogP contribution in [0.2, 0.25) is 0 Å². The van der Waals surface area contributed by atoms with Gasteiger partial charge in [-0.25, -0.2) is 18.2 Å². The quantitative estimate of drug-likeness (QED) is 0.190. The Labute approximate surface area is 231 Å². The molecule has 0 spiro atoms. The fourth-order valence-electron chi connectivity index (χ4n) is 5.23. The molecule has 6 nitrogen and oxygen atoms in total. The van der Waals surface area contributed by atoms with Gasteiger partial charge in [0.2, 0.25) is 0 Å². The van der Waals surface area contributed by atoms with Crippen molar-refractivity contribution in [3.63, 3.8) is 0 Å². The summed E-state index contributed by atoms with van der Waals surface area (Å²) >= 11 is 0.868. The van der Waals surface area contributed by atoms with Gasteiger partial charge in [-0.3, -0.25) is 0 Å². The molecule has 2 atom stereocenters. The van der Waals surface area contributed by atoms with E-state index in [9.17, 15) is 17.6 Å². The van der Waals surface area contributed by atoms with Crippen molar-refractivity contribution in [3.8, 4) is 11.4 Å². The first kappa shape index (κ1) is 26.1. The average Bonchev–Trinajstić information content (AvgIpc) is 3.58. The molecule has 0 saturated carbocycles. The summed E-state index contributed by atoms with van der Waals surface area (Å²) in [5.41, 5.74) is 3.59. The number of piperidine rings is 1. The molecule has 206 valence electrons. The Kier molecular flexibility index (Phi) is 6.83. The van der Waals surface area contributed by atoms with E-state index in [0.717, 1.165) is 52.4 Å². The van der Waals surface area contributed by atoms with Crippen LogP contribution in [0.4, 0.5) is 17.6 Å². The van der Waals surface area contributed by atoms with Crippen molar-refractivity contribution in [1.82, 2.24) is 14.5 Å². The minimum absolute atomic E-state index is 0.172. The molecule has 4 heterocycles. The zero-order valence-electron chi connectivity index (χ0n) is 21.6. The number of ether oxygens (including phenoxy) is 1. The minimum atomic E-state index is -1.55. The molecule has 0 N–H and O–H groups in total. The number of imidazole rings is 1. The van der Waals surface area contributed by atoms with Crippen LogP contribution in [0.25, 0.3) is 11.8 Å². The molecular weight excluding hydrogens is 544 g/mol. The standard InChI is InChI=1S/C29H24F4N4O2S/c1-16-14-36(15-34-16)22-6-5-17(11-23(22)38-2)10-18-4-3-9-37-27(19-12-20(30)26(33)21(31)13-19)28(39-35-29(18)37)24-7-8-25(32)40-24/h5-8,10-15,27-28H,3-4,9H2,1-2H3/b18-10+/t27-,28?/m0/s1. The van der Waals surface area contributed by atoms with Gasteiger partial charge in [-0.05, 0) is 78.9 Å². The molecule has 11 heteroatoms. The molecule has 40 heavy (non-hydrogen) atoms. The molecule has 2 aliphatic heterocycles. The van der Waals surface area contributed by atoms with Gasteiger partial charge in [-0.1, -0.05) is 11.2 Å². The lowest BCUT2D eigenvalue weighted by atomic mass is 9.92. The topological polar surface area (TPSA) is 51.9 Å². The number of benzene rings is 2. The second-order valence-electron chi connectivity index (χ2n) is 9.65. The molecule has 2 aliphatic rings. The number of thiophene rings is 1. The van der Waals surface area contributed by atoms with Crippen LogP contribution in [0, 0.1) is 29.5 Å². The van der Waals surface area contributed by atoms with Crippen molar-refractivity contribution in [1.29, 1.82) is 0 Å². The van der Waals surface area contributed by atoms with E-state index in [0.29, 0.717) is 29.4 Å². The van der Waals surface area contributed by atoms with Crippen molar-refractivity contribution in [2.24, 2.45) is 5.16 Å². The van der Waals surface area contributed by atoms with Gasteiger partial charge in [0.05, 0.1) is 29.7 Å². The number of aromatic nitrogens is 2. The van der Waals surface area contributed by atoms with Crippen molar-refractivity contribution in [3.05, 3.63) is 105 Å². The van der Waals surface area contributed by atoms with Crippen LogP contribution in [0.1, 0.15) is 46.7 Å². The Hall–Kier alpha value is -4.12.